The maximum atomic E-state index is 10.3. The average Bonchev–Trinajstić information content (AvgIpc) is 3.25. The highest BCUT2D eigenvalue weighted by Crippen LogP contribution is 2.31. The van der Waals surface area contributed by atoms with Crippen molar-refractivity contribution < 1.29 is 19.3 Å². The monoisotopic (exact) mass is 406 g/mol. The summed E-state index contributed by atoms with van der Waals surface area (Å²) in [5, 5.41) is 10.3. The smallest absolute Gasteiger partial charge is 0.250 e. The van der Waals surface area contributed by atoms with Crippen molar-refractivity contribution in [3.8, 4) is 0 Å². The molecule has 1 aromatic carbocycles. The molecule has 0 radical (unpaired) electrons. The lowest BCUT2D eigenvalue weighted by molar-refractivity contribution is -0.0514. The molecule has 0 spiro atoms. The number of aliphatic imine (C=N–C) groups is 3. The molecular formula is C17H23N6O4P. The molecule has 3 aliphatic heterocycles. The van der Waals surface area contributed by atoms with E-state index in [-0.39, 0.29) is 6.61 Å². The van der Waals surface area contributed by atoms with Gasteiger partial charge in [0.15, 0.2) is 11.5 Å². The molecule has 3 aliphatic rings. The zero-order valence-electron chi connectivity index (χ0n) is 15.1. The molecule has 10 nitrogen and oxygen atoms in total. The quantitative estimate of drug-likeness (QED) is 0.474. The van der Waals surface area contributed by atoms with E-state index < -0.39 is 32.6 Å². The Morgan fingerprint density at radius 3 is 2.89 bits per heavy atom. The van der Waals surface area contributed by atoms with E-state index in [1.54, 1.807) is 0 Å². The number of benzene rings is 1. The Hall–Kier alpha value is -1.78. The SMILES string of the molecule is NP(O)OC[C@H]1O[C@@H](N2CN=C3C2=NC=NC3(N)Cc2ccccc2)C[C@@H]1O. The second kappa shape index (κ2) is 7.92. The third-order valence-corrected chi connectivity index (χ3v) is 5.40. The van der Waals surface area contributed by atoms with E-state index in [4.69, 9.17) is 25.4 Å². The van der Waals surface area contributed by atoms with Crippen molar-refractivity contribution in [3.63, 3.8) is 0 Å². The van der Waals surface area contributed by atoms with Crippen molar-refractivity contribution in [1.82, 2.24) is 4.90 Å². The van der Waals surface area contributed by atoms with Crippen LogP contribution in [0, 0.1) is 0 Å². The van der Waals surface area contributed by atoms with E-state index in [1.807, 2.05) is 35.2 Å². The molecule has 1 fully saturated rings. The van der Waals surface area contributed by atoms with Crippen LogP contribution >= 0.6 is 8.53 Å². The maximum absolute atomic E-state index is 10.3. The third-order valence-electron chi connectivity index (χ3n) is 4.98. The predicted molar refractivity (Wildman–Crippen MR) is 106 cm³/mol. The van der Waals surface area contributed by atoms with Crippen LogP contribution in [0.4, 0.5) is 0 Å². The minimum atomic E-state index is -2.00. The second-order valence-electron chi connectivity index (χ2n) is 6.93. The summed E-state index contributed by atoms with van der Waals surface area (Å²) in [5.74, 6) is 0.607. The third kappa shape index (κ3) is 3.85. The molecule has 5 atom stereocenters. The summed E-state index contributed by atoms with van der Waals surface area (Å²) >= 11 is 0. The average molecular weight is 406 g/mol. The maximum Gasteiger partial charge on any atom is 0.250 e. The van der Waals surface area contributed by atoms with Crippen molar-refractivity contribution in [2.24, 2.45) is 26.2 Å². The number of hydrogen-bond donors (Lipinski definition) is 4. The van der Waals surface area contributed by atoms with Crippen molar-refractivity contribution in [3.05, 3.63) is 35.9 Å². The second-order valence-corrected chi connectivity index (χ2v) is 7.80. The summed E-state index contributed by atoms with van der Waals surface area (Å²) in [7, 11) is -2.00. The van der Waals surface area contributed by atoms with Gasteiger partial charge < -0.3 is 29.9 Å². The zero-order chi connectivity index (χ0) is 19.7. The number of nitrogens with two attached hydrogens (primary N) is 2. The first-order valence-corrected chi connectivity index (χ1v) is 10.2. The summed E-state index contributed by atoms with van der Waals surface area (Å²) in [6, 6.07) is 9.86. The van der Waals surface area contributed by atoms with Crippen LogP contribution in [0.15, 0.2) is 45.3 Å². The predicted octanol–water partition coefficient (Wildman–Crippen LogP) is -0.291. The van der Waals surface area contributed by atoms with Crippen molar-refractivity contribution in [2.45, 2.75) is 36.9 Å². The van der Waals surface area contributed by atoms with Gasteiger partial charge in [0.1, 0.15) is 31.1 Å². The lowest BCUT2D eigenvalue weighted by atomic mass is 9.94. The van der Waals surface area contributed by atoms with Gasteiger partial charge >= 0.3 is 0 Å². The van der Waals surface area contributed by atoms with Gasteiger partial charge in [-0.3, -0.25) is 10.5 Å². The topological polar surface area (TPSA) is 151 Å². The number of fused-ring (bicyclic) bond motifs is 1. The molecule has 1 saturated heterocycles. The normalized spacial score (nSPS) is 32.9. The Kier molecular flexibility index (Phi) is 5.52. The molecule has 1 aromatic rings. The van der Waals surface area contributed by atoms with Gasteiger partial charge in [-0.25, -0.2) is 9.98 Å². The van der Waals surface area contributed by atoms with Crippen molar-refractivity contribution in [2.75, 3.05) is 13.3 Å². The first-order valence-electron chi connectivity index (χ1n) is 8.93. The number of rotatable bonds is 6. The molecule has 0 amide bonds. The molecule has 28 heavy (non-hydrogen) atoms. The summed E-state index contributed by atoms with van der Waals surface area (Å²) in [6.45, 7) is 0.334. The Labute approximate surface area is 163 Å². The van der Waals surface area contributed by atoms with Crippen LogP contribution in [-0.2, 0) is 15.7 Å². The van der Waals surface area contributed by atoms with Gasteiger partial charge in [0.25, 0.3) is 0 Å². The molecule has 0 aromatic heterocycles. The molecule has 4 rings (SSSR count). The van der Waals surface area contributed by atoms with Gasteiger partial charge in [0, 0.05) is 12.8 Å². The Morgan fingerprint density at radius 1 is 1.36 bits per heavy atom. The van der Waals surface area contributed by atoms with E-state index in [0.29, 0.717) is 31.1 Å². The highest BCUT2D eigenvalue weighted by atomic mass is 31.2. The minimum absolute atomic E-state index is 0.0146. The molecule has 0 bridgehead atoms. The van der Waals surface area contributed by atoms with Gasteiger partial charge in [0.2, 0.25) is 8.53 Å². The van der Waals surface area contributed by atoms with Crippen LogP contribution in [0.2, 0.25) is 0 Å². The van der Waals surface area contributed by atoms with Gasteiger partial charge in [-0.1, -0.05) is 30.3 Å². The van der Waals surface area contributed by atoms with Crippen molar-refractivity contribution in [1.29, 1.82) is 0 Å². The Balaban J connectivity index is 1.46. The number of amidine groups is 1. The van der Waals surface area contributed by atoms with Crippen LogP contribution in [-0.4, -0.2) is 70.2 Å². The summed E-state index contributed by atoms with van der Waals surface area (Å²) in [5.41, 5.74) is 12.5. The van der Waals surface area contributed by atoms with E-state index in [9.17, 15) is 5.11 Å². The van der Waals surface area contributed by atoms with Crippen molar-refractivity contribution >= 4 is 26.4 Å². The van der Waals surface area contributed by atoms with Crippen LogP contribution in [0.1, 0.15) is 12.0 Å². The molecule has 3 heterocycles. The fourth-order valence-corrected chi connectivity index (χ4v) is 3.90. The number of aliphatic hydroxyl groups is 1. The molecule has 6 N–H and O–H groups in total. The summed E-state index contributed by atoms with van der Waals surface area (Å²) < 4.78 is 10.9. The molecule has 0 aliphatic carbocycles. The van der Waals surface area contributed by atoms with Gasteiger partial charge in [-0.15, -0.1) is 0 Å². The largest absolute Gasteiger partial charge is 0.390 e. The number of aliphatic hydroxyl groups excluding tert-OH is 1. The van der Waals surface area contributed by atoms with Crippen LogP contribution < -0.4 is 11.2 Å². The van der Waals surface area contributed by atoms with E-state index in [0.717, 1.165) is 5.56 Å². The minimum Gasteiger partial charge on any atom is -0.390 e. The highest BCUT2D eigenvalue weighted by molar-refractivity contribution is 7.43. The van der Waals surface area contributed by atoms with Crippen LogP contribution in [0.5, 0.6) is 0 Å². The Morgan fingerprint density at radius 2 is 2.14 bits per heavy atom. The molecule has 0 saturated carbocycles. The number of nitrogens with zero attached hydrogens (tertiary/aromatic N) is 4. The Bertz CT molecular complexity index is 804. The van der Waals surface area contributed by atoms with Gasteiger partial charge in [-0.05, 0) is 5.56 Å². The van der Waals surface area contributed by atoms with Crippen LogP contribution in [0.3, 0.4) is 0 Å². The summed E-state index contributed by atoms with van der Waals surface area (Å²) in [6.07, 6.45) is 0.552. The number of hydrogen-bond acceptors (Lipinski definition) is 10. The molecule has 2 unspecified atom stereocenters. The fraction of sp³-hybridized carbons (Fsp3) is 0.471. The van der Waals surface area contributed by atoms with E-state index in [2.05, 4.69) is 15.0 Å². The lowest BCUT2D eigenvalue weighted by Gasteiger charge is -2.31. The zero-order valence-corrected chi connectivity index (χ0v) is 16.0. The molecular weight excluding hydrogens is 383 g/mol. The highest BCUT2D eigenvalue weighted by Gasteiger charge is 2.46. The fourth-order valence-electron chi connectivity index (χ4n) is 3.61. The standard InChI is InChI=1S/C17H23N6O4P/c18-17(7-11-4-2-1-3-5-11)15-16(20-9-22-17)23(10-21-15)14-6-12(24)13(27-14)8-26-28(19)25/h1-5,9,12-14,24-25H,6-8,10,18-19H2/t12-,13+,14+,17?,28?/m0/s1. The molecule has 11 heteroatoms. The van der Waals surface area contributed by atoms with E-state index in [1.165, 1.54) is 6.34 Å². The summed E-state index contributed by atoms with van der Waals surface area (Å²) in [4.78, 5) is 24.3. The van der Waals surface area contributed by atoms with Gasteiger partial charge in [0.05, 0.1) is 12.7 Å². The lowest BCUT2D eigenvalue weighted by Crippen LogP contribution is -2.55. The van der Waals surface area contributed by atoms with Gasteiger partial charge in [-0.2, -0.15) is 0 Å². The first-order chi connectivity index (χ1) is 13.5. The number of ether oxygens (including phenoxy) is 1. The first kappa shape index (κ1) is 19.5. The van der Waals surface area contributed by atoms with E-state index >= 15 is 0 Å². The van der Waals surface area contributed by atoms with Crippen LogP contribution in [0.25, 0.3) is 0 Å². The molecule has 150 valence electrons.